The number of rotatable bonds is 9. The second-order valence-corrected chi connectivity index (χ2v) is 7.68. The lowest BCUT2D eigenvalue weighted by atomic mass is 10.1. The molecule has 152 valence electrons. The number of hydrogen-bond acceptors (Lipinski definition) is 7. The first kappa shape index (κ1) is 22.0. The standard InChI is InChI=1S/C19H23NO6S2/c1-5-6-7-12(18(22)23)20-17(21)15(28-19(20)27)10-11-8-13(24-2)16(26-4)14(9-11)25-3/h8-10,12H,5-7H2,1-4H3,(H,22,23)/b15-10+/t12-/m1/s1. The highest BCUT2D eigenvalue weighted by atomic mass is 32.2. The molecule has 1 aromatic rings. The van der Waals surface area contributed by atoms with E-state index in [0.29, 0.717) is 40.6 Å². The van der Waals surface area contributed by atoms with E-state index in [1.165, 1.54) is 26.2 Å². The van der Waals surface area contributed by atoms with E-state index in [4.69, 9.17) is 26.4 Å². The van der Waals surface area contributed by atoms with Crippen molar-refractivity contribution in [3.63, 3.8) is 0 Å². The predicted molar refractivity (Wildman–Crippen MR) is 112 cm³/mol. The number of ether oxygens (including phenoxy) is 3. The van der Waals surface area contributed by atoms with Gasteiger partial charge in [0.05, 0.1) is 26.2 Å². The topological polar surface area (TPSA) is 85.3 Å². The normalized spacial score (nSPS) is 16.4. The van der Waals surface area contributed by atoms with Crippen LogP contribution in [-0.4, -0.2) is 53.6 Å². The van der Waals surface area contributed by atoms with E-state index >= 15 is 0 Å². The van der Waals surface area contributed by atoms with Crippen LogP contribution < -0.4 is 14.2 Å². The molecule has 1 saturated heterocycles. The number of thioether (sulfide) groups is 1. The van der Waals surface area contributed by atoms with Crippen molar-refractivity contribution in [1.82, 2.24) is 4.90 Å². The van der Waals surface area contributed by atoms with Gasteiger partial charge in [-0.25, -0.2) is 4.79 Å². The smallest absolute Gasteiger partial charge is 0.326 e. The van der Waals surface area contributed by atoms with Crippen LogP contribution in [0.5, 0.6) is 17.2 Å². The fourth-order valence-corrected chi connectivity index (χ4v) is 4.20. The Hall–Kier alpha value is -2.26. The third-order valence-electron chi connectivity index (χ3n) is 4.24. The Morgan fingerprint density at radius 3 is 2.32 bits per heavy atom. The summed E-state index contributed by atoms with van der Waals surface area (Å²) in [6.45, 7) is 1.97. The monoisotopic (exact) mass is 425 g/mol. The molecule has 7 nitrogen and oxygen atoms in total. The zero-order chi connectivity index (χ0) is 20.8. The number of carboxylic acid groups (broad SMARTS) is 1. The minimum Gasteiger partial charge on any atom is -0.493 e. The Morgan fingerprint density at radius 1 is 1.25 bits per heavy atom. The number of amides is 1. The van der Waals surface area contributed by atoms with E-state index in [9.17, 15) is 14.7 Å². The van der Waals surface area contributed by atoms with Gasteiger partial charge in [-0.1, -0.05) is 43.7 Å². The van der Waals surface area contributed by atoms with E-state index in [0.717, 1.165) is 18.2 Å². The number of aliphatic carboxylic acids is 1. The second-order valence-electron chi connectivity index (χ2n) is 6.01. The second kappa shape index (κ2) is 9.79. The van der Waals surface area contributed by atoms with Crippen LogP contribution in [0.3, 0.4) is 0 Å². The van der Waals surface area contributed by atoms with Gasteiger partial charge in [0, 0.05) is 0 Å². The molecule has 0 unspecified atom stereocenters. The van der Waals surface area contributed by atoms with Crippen molar-refractivity contribution in [3.8, 4) is 17.2 Å². The van der Waals surface area contributed by atoms with Crippen LogP contribution >= 0.6 is 24.0 Å². The molecule has 1 aliphatic rings. The van der Waals surface area contributed by atoms with Crippen LogP contribution in [-0.2, 0) is 9.59 Å². The van der Waals surface area contributed by atoms with Crippen LogP contribution in [0.2, 0.25) is 0 Å². The van der Waals surface area contributed by atoms with E-state index in [1.807, 2.05) is 6.92 Å². The molecule has 0 spiro atoms. The summed E-state index contributed by atoms with van der Waals surface area (Å²) < 4.78 is 16.2. The lowest BCUT2D eigenvalue weighted by Gasteiger charge is -2.22. The Kier molecular flexibility index (Phi) is 7.70. The quantitative estimate of drug-likeness (QED) is 0.475. The lowest BCUT2D eigenvalue weighted by Crippen LogP contribution is -2.43. The minimum absolute atomic E-state index is 0.243. The molecule has 0 aliphatic carbocycles. The van der Waals surface area contributed by atoms with Crippen LogP contribution in [0.4, 0.5) is 0 Å². The van der Waals surface area contributed by atoms with Crippen LogP contribution in [0, 0.1) is 0 Å². The van der Waals surface area contributed by atoms with Crippen molar-refractivity contribution in [1.29, 1.82) is 0 Å². The van der Waals surface area contributed by atoms with Gasteiger partial charge in [-0.15, -0.1) is 0 Å². The fraction of sp³-hybridized carbons (Fsp3) is 0.421. The summed E-state index contributed by atoms with van der Waals surface area (Å²) in [7, 11) is 4.52. The number of thiocarbonyl (C=S) groups is 1. The van der Waals surface area contributed by atoms with Gasteiger partial charge in [0.25, 0.3) is 5.91 Å². The van der Waals surface area contributed by atoms with E-state index in [-0.39, 0.29) is 4.32 Å². The average Bonchev–Trinajstić information content (AvgIpc) is 2.94. The number of benzene rings is 1. The summed E-state index contributed by atoms with van der Waals surface area (Å²) in [5, 5.41) is 9.54. The third kappa shape index (κ3) is 4.59. The summed E-state index contributed by atoms with van der Waals surface area (Å²) in [4.78, 5) is 26.1. The third-order valence-corrected chi connectivity index (χ3v) is 5.57. The van der Waals surface area contributed by atoms with Gasteiger partial charge in [0.15, 0.2) is 11.5 Å². The predicted octanol–water partition coefficient (Wildman–Crippen LogP) is 3.56. The Labute approximate surface area is 173 Å². The summed E-state index contributed by atoms with van der Waals surface area (Å²) in [6.07, 6.45) is 3.53. The van der Waals surface area contributed by atoms with Crippen molar-refractivity contribution in [2.75, 3.05) is 21.3 Å². The average molecular weight is 426 g/mol. The molecule has 0 aromatic heterocycles. The molecule has 0 saturated carbocycles. The van der Waals surface area contributed by atoms with Crippen molar-refractivity contribution in [2.24, 2.45) is 0 Å². The number of methoxy groups -OCH3 is 3. The molecule has 1 amide bonds. The molecule has 1 aliphatic heterocycles. The highest BCUT2D eigenvalue weighted by Gasteiger charge is 2.40. The minimum atomic E-state index is -1.06. The van der Waals surface area contributed by atoms with Crippen LogP contribution in [0.15, 0.2) is 17.0 Å². The summed E-state index contributed by atoms with van der Waals surface area (Å²) in [5.41, 5.74) is 0.649. The zero-order valence-electron chi connectivity index (χ0n) is 16.2. The summed E-state index contributed by atoms with van der Waals surface area (Å²) >= 11 is 6.37. The molecule has 1 aromatic carbocycles. The van der Waals surface area contributed by atoms with Gasteiger partial charge in [-0.3, -0.25) is 9.69 Å². The van der Waals surface area contributed by atoms with E-state index < -0.39 is 17.9 Å². The van der Waals surface area contributed by atoms with Crippen molar-refractivity contribution >= 4 is 46.3 Å². The Morgan fingerprint density at radius 2 is 1.86 bits per heavy atom. The van der Waals surface area contributed by atoms with E-state index in [2.05, 4.69) is 0 Å². The van der Waals surface area contributed by atoms with Gasteiger partial charge in [-0.05, 0) is 30.2 Å². The zero-order valence-corrected chi connectivity index (χ0v) is 17.8. The van der Waals surface area contributed by atoms with Gasteiger partial charge in [0.2, 0.25) is 5.75 Å². The summed E-state index contributed by atoms with van der Waals surface area (Å²) in [6, 6.07) is 2.46. The van der Waals surface area contributed by atoms with Crippen molar-refractivity contribution in [3.05, 3.63) is 22.6 Å². The van der Waals surface area contributed by atoms with Crippen molar-refractivity contribution < 1.29 is 28.9 Å². The number of carbonyl (C=O) groups is 2. The number of hydrogen-bond donors (Lipinski definition) is 1. The first-order valence-corrected chi connectivity index (χ1v) is 9.90. The summed E-state index contributed by atoms with van der Waals surface area (Å²) in [5.74, 6) is -0.115. The molecule has 2 rings (SSSR count). The van der Waals surface area contributed by atoms with Gasteiger partial charge in [0.1, 0.15) is 10.4 Å². The maximum Gasteiger partial charge on any atom is 0.326 e. The maximum absolute atomic E-state index is 12.9. The molecule has 1 atom stereocenters. The van der Waals surface area contributed by atoms with Crippen LogP contribution in [0.1, 0.15) is 31.7 Å². The number of nitrogens with zero attached hydrogens (tertiary/aromatic N) is 1. The molecule has 1 heterocycles. The van der Waals surface area contributed by atoms with Gasteiger partial charge < -0.3 is 19.3 Å². The van der Waals surface area contributed by atoms with Crippen LogP contribution in [0.25, 0.3) is 6.08 Å². The molecule has 0 radical (unpaired) electrons. The van der Waals surface area contributed by atoms with Gasteiger partial charge >= 0.3 is 5.97 Å². The Bertz CT molecular complexity index is 783. The molecule has 28 heavy (non-hydrogen) atoms. The molecular formula is C19H23NO6S2. The molecule has 0 bridgehead atoms. The SMILES string of the molecule is CCCC[C@H](C(=O)O)N1C(=O)/C(=C\c2cc(OC)c(OC)c(OC)c2)SC1=S. The molecule has 1 N–H and O–H groups in total. The fourth-order valence-electron chi connectivity index (χ4n) is 2.85. The van der Waals surface area contributed by atoms with Crippen molar-refractivity contribution in [2.45, 2.75) is 32.2 Å². The molecular weight excluding hydrogens is 402 g/mol. The largest absolute Gasteiger partial charge is 0.493 e. The number of carbonyl (C=O) groups excluding carboxylic acids is 1. The van der Waals surface area contributed by atoms with Gasteiger partial charge in [-0.2, -0.15) is 0 Å². The molecule has 9 heteroatoms. The highest BCUT2D eigenvalue weighted by Crippen LogP contribution is 2.40. The van der Waals surface area contributed by atoms with E-state index in [1.54, 1.807) is 18.2 Å². The number of unbranched alkanes of at least 4 members (excludes halogenated alkanes) is 1. The lowest BCUT2D eigenvalue weighted by molar-refractivity contribution is -0.145. The molecule has 1 fully saturated rings. The first-order valence-electron chi connectivity index (χ1n) is 8.67. The first-order chi connectivity index (χ1) is 13.4. The maximum atomic E-state index is 12.9. The Balaban J connectivity index is 2.39. The highest BCUT2D eigenvalue weighted by molar-refractivity contribution is 8.26. The number of carboxylic acids is 1.